The third-order valence-electron chi connectivity index (χ3n) is 6.39. The van der Waals surface area contributed by atoms with Gasteiger partial charge < -0.3 is 14.9 Å². The van der Waals surface area contributed by atoms with Crippen LogP contribution < -0.4 is 0 Å². The number of rotatable bonds is 10. The van der Waals surface area contributed by atoms with Gasteiger partial charge >= 0.3 is 5.97 Å². The zero-order valence-electron chi connectivity index (χ0n) is 18.6. The minimum atomic E-state index is -0.401. The van der Waals surface area contributed by atoms with Crippen molar-refractivity contribution in [2.24, 2.45) is 5.41 Å². The lowest BCUT2D eigenvalue weighted by Gasteiger charge is -2.35. The Balaban J connectivity index is 1.82. The molecule has 0 amide bonds. The van der Waals surface area contributed by atoms with Gasteiger partial charge in [0.2, 0.25) is 0 Å². The lowest BCUT2D eigenvalue weighted by Crippen LogP contribution is -2.20. The van der Waals surface area contributed by atoms with Gasteiger partial charge in [0.25, 0.3) is 0 Å². The van der Waals surface area contributed by atoms with Crippen LogP contribution in [0.1, 0.15) is 79.1 Å². The van der Waals surface area contributed by atoms with Crippen LogP contribution in [0.25, 0.3) is 0 Å². The van der Waals surface area contributed by atoms with Crippen LogP contribution in [0.5, 0.6) is 0 Å². The molecule has 29 heavy (non-hydrogen) atoms. The Morgan fingerprint density at radius 1 is 1.28 bits per heavy atom. The molecule has 2 N–H and O–H groups in total. The first-order valence-corrected chi connectivity index (χ1v) is 10.9. The van der Waals surface area contributed by atoms with Gasteiger partial charge in [0.05, 0.1) is 13.2 Å². The molecule has 0 radical (unpaired) electrons. The van der Waals surface area contributed by atoms with Crippen molar-refractivity contribution < 1.29 is 19.7 Å². The molecule has 4 heteroatoms. The molecular weight excluding hydrogens is 364 g/mol. The number of carbonyl (C=O) groups excluding carboxylic acids is 1. The van der Waals surface area contributed by atoms with Crippen molar-refractivity contribution in [3.05, 3.63) is 46.1 Å². The third kappa shape index (κ3) is 6.97. The predicted molar refractivity (Wildman–Crippen MR) is 117 cm³/mol. The average Bonchev–Trinajstić information content (AvgIpc) is 3.03. The van der Waals surface area contributed by atoms with Crippen LogP contribution in [0.3, 0.4) is 0 Å². The second-order valence-electron chi connectivity index (χ2n) is 9.14. The van der Waals surface area contributed by atoms with E-state index in [9.17, 15) is 15.0 Å². The van der Waals surface area contributed by atoms with E-state index in [0.717, 1.165) is 31.3 Å². The molecule has 0 aromatic heterocycles. The molecule has 0 fully saturated rings. The molecular formula is C25H38O4. The highest BCUT2D eigenvalue weighted by molar-refractivity contribution is 5.85. The van der Waals surface area contributed by atoms with Crippen molar-refractivity contribution in [1.82, 2.24) is 0 Å². The Hall–Kier alpha value is -1.65. The van der Waals surface area contributed by atoms with Gasteiger partial charge in [-0.15, -0.1) is 0 Å². The fraction of sp³-hybridized carbons (Fsp3) is 0.640. The van der Waals surface area contributed by atoms with Crippen LogP contribution in [-0.4, -0.2) is 35.5 Å². The molecule has 0 aromatic rings. The van der Waals surface area contributed by atoms with Crippen LogP contribution in [0.4, 0.5) is 0 Å². The van der Waals surface area contributed by atoms with E-state index < -0.39 is 12.1 Å². The standard InChI is InChI=1S/C25H38O4/c1-18(10-12-22-19(2)8-6-14-25(22,3)4)7-5-9-20(16-26)11-13-23-21(17-27)15-24(28)29-23/h7,11,15,23,26-27H,5-6,8-10,12-14,16-17H2,1-4H3/b18-7+,20-11?/t23-/m1/s1. The first kappa shape index (κ1) is 23.6. The number of ether oxygens (including phenoxy) is 1. The molecule has 1 atom stereocenters. The fourth-order valence-electron chi connectivity index (χ4n) is 4.52. The summed E-state index contributed by atoms with van der Waals surface area (Å²) in [7, 11) is 0. The molecule has 2 rings (SSSR count). The van der Waals surface area contributed by atoms with E-state index in [4.69, 9.17) is 4.74 Å². The first-order chi connectivity index (χ1) is 13.8. The molecule has 1 heterocycles. The fourth-order valence-corrected chi connectivity index (χ4v) is 4.52. The van der Waals surface area contributed by atoms with E-state index in [0.29, 0.717) is 17.4 Å². The highest BCUT2D eigenvalue weighted by Gasteiger charge is 2.27. The minimum Gasteiger partial charge on any atom is -0.454 e. The summed E-state index contributed by atoms with van der Waals surface area (Å²) in [5.74, 6) is -0.400. The van der Waals surface area contributed by atoms with Crippen molar-refractivity contribution in [3.8, 4) is 0 Å². The van der Waals surface area contributed by atoms with Crippen molar-refractivity contribution in [2.75, 3.05) is 13.2 Å². The van der Waals surface area contributed by atoms with Gasteiger partial charge in [0, 0.05) is 18.1 Å². The van der Waals surface area contributed by atoms with Gasteiger partial charge in [-0.05, 0) is 69.8 Å². The predicted octanol–water partition coefficient (Wildman–Crippen LogP) is 5.17. The van der Waals surface area contributed by atoms with Gasteiger partial charge in [-0.2, -0.15) is 0 Å². The van der Waals surface area contributed by atoms with Crippen LogP contribution >= 0.6 is 0 Å². The minimum absolute atomic E-state index is 0.00595. The number of hydrogen-bond donors (Lipinski definition) is 2. The molecule has 0 saturated heterocycles. The maximum Gasteiger partial charge on any atom is 0.331 e. The van der Waals surface area contributed by atoms with Crippen LogP contribution in [-0.2, 0) is 9.53 Å². The SMILES string of the molecule is CC1=C(CC/C(C)=C/CCC(=CC[C@H]2OC(=O)C=C2CO)CO)C(C)(C)CCC1. The van der Waals surface area contributed by atoms with Crippen molar-refractivity contribution in [3.63, 3.8) is 0 Å². The molecule has 0 bridgehead atoms. The largest absolute Gasteiger partial charge is 0.454 e. The van der Waals surface area contributed by atoms with Gasteiger partial charge in [-0.25, -0.2) is 4.79 Å². The molecule has 1 aliphatic heterocycles. The number of hydrogen-bond acceptors (Lipinski definition) is 4. The summed E-state index contributed by atoms with van der Waals surface area (Å²) in [5.41, 5.74) is 6.52. The molecule has 0 unspecified atom stereocenters. The normalized spacial score (nSPS) is 22.8. The molecule has 0 saturated carbocycles. The molecule has 4 nitrogen and oxygen atoms in total. The smallest absolute Gasteiger partial charge is 0.331 e. The zero-order chi connectivity index (χ0) is 21.4. The maximum absolute atomic E-state index is 11.3. The summed E-state index contributed by atoms with van der Waals surface area (Å²) in [6.07, 6.45) is 13.4. The summed E-state index contributed by atoms with van der Waals surface area (Å²) in [6, 6.07) is 0. The number of cyclic esters (lactones) is 1. The second kappa shape index (κ2) is 10.9. The van der Waals surface area contributed by atoms with E-state index >= 15 is 0 Å². The van der Waals surface area contributed by atoms with E-state index in [-0.39, 0.29) is 13.2 Å². The Labute approximate surface area is 176 Å². The first-order valence-electron chi connectivity index (χ1n) is 10.9. The topological polar surface area (TPSA) is 66.8 Å². The van der Waals surface area contributed by atoms with Gasteiger partial charge in [-0.3, -0.25) is 0 Å². The van der Waals surface area contributed by atoms with Crippen LogP contribution in [0, 0.1) is 5.41 Å². The Morgan fingerprint density at radius 3 is 2.69 bits per heavy atom. The second-order valence-corrected chi connectivity index (χ2v) is 9.14. The van der Waals surface area contributed by atoms with Crippen LogP contribution in [0.2, 0.25) is 0 Å². The van der Waals surface area contributed by atoms with Crippen molar-refractivity contribution in [1.29, 1.82) is 0 Å². The number of allylic oxidation sites excluding steroid dienone is 4. The lowest BCUT2D eigenvalue weighted by atomic mass is 9.71. The van der Waals surface area contributed by atoms with Crippen LogP contribution in [0.15, 0.2) is 46.1 Å². The average molecular weight is 403 g/mol. The summed E-state index contributed by atoms with van der Waals surface area (Å²) in [5, 5.41) is 18.9. The molecule has 2 aliphatic rings. The van der Waals surface area contributed by atoms with Gasteiger partial charge in [0.1, 0.15) is 6.10 Å². The van der Waals surface area contributed by atoms with E-state index in [1.165, 1.54) is 30.9 Å². The molecule has 1 aliphatic carbocycles. The summed E-state index contributed by atoms with van der Waals surface area (Å²) < 4.78 is 5.18. The zero-order valence-corrected chi connectivity index (χ0v) is 18.6. The number of aliphatic hydroxyl groups excluding tert-OH is 2. The number of carbonyl (C=O) groups is 1. The summed E-state index contributed by atoms with van der Waals surface area (Å²) in [4.78, 5) is 11.3. The maximum atomic E-state index is 11.3. The molecule has 0 spiro atoms. The summed E-state index contributed by atoms with van der Waals surface area (Å²) >= 11 is 0. The van der Waals surface area contributed by atoms with Gasteiger partial charge in [-0.1, -0.05) is 42.7 Å². The monoisotopic (exact) mass is 402 g/mol. The van der Waals surface area contributed by atoms with E-state index in [2.05, 4.69) is 33.8 Å². The highest BCUT2D eigenvalue weighted by Crippen LogP contribution is 2.42. The Kier molecular flexibility index (Phi) is 8.91. The van der Waals surface area contributed by atoms with Gasteiger partial charge in [0.15, 0.2) is 0 Å². The highest BCUT2D eigenvalue weighted by atomic mass is 16.5. The third-order valence-corrected chi connectivity index (χ3v) is 6.39. The lowest BCUT2D eigenvalue weighted by molar-refractivity contribution is -0.138. The van der Waals surface area contributed by atoms with E-state index in [1.807, 2.05) is 6.08 Å². The molecule has 162 valence electrons. The van der Waals surface area contributed by atoms with E-state index in [1.54, 1.807) is 11.1 Å². The number of esters is 1. The number of aliphatic hydroxyl groups is 2. The Bertz CT molecular complexity index is 706. The quantitative estimate of drug-likeness (QED) is 0.391. The van der Waals surface area contributed by atoms with Crippen molar-refractivity contribution in [2.45, 2.75) is 85.2 Å². The Morgan fingerprint density at radius 2 is 2.03 bits per heavy atom. The summed E-state index contributed by atoms with van der Waals surface area (Å²) in [6.45, 7) is 9.08. The van der Waals surface area contributed by atoms with Crippen molar-refractivity contribution >= 4 is 5.97 Å². The molecule has 0 aromatic carbocycles.